The molecular weight excluding hydrogens is 559 g/mol. The molecule has 0 saturated carbocycles. The predicted molar refractivity (Wildman–Crippen MR) is 144 cm³/mol. The first kappa shape index (κ1) is 26.9. The van der Waals surface area contributed by atoms with E-state index in [0.29, 0.717) is 25.4 Å². The summed E-state index contributed by atoms with van der Waals surface area (Å²) >= 11 is 3.49. The second kappa shape index (κ2) is 10.8. The van der Waals surface area contributed by atoms with E-state index in [2.05, 4.69) is 25.7 Å². The summed E-state index contributed by atoms with van der Waals surface area (Å²) in [6.07, 6.45) is -4.96. The van der Waals surface area contributed by atoms with Crippen LogP contribution < -0.4 is 4.90 Å². The molecule has 0 radical (unpaired) electrons. The van der Waals surface area contributed by atoms with Gasteiger partial charge in [0.2, 0.25) is 0 Å². The van der Waals surface area contributed by atoms with Crippen LogP contribution in [0.1, 0.15) is 29.8 Å². The second-order valence-electron chi connectivity index (χ2n) is 9.73. The van der Waals surface area contributed by atoms with Gasteiger partial charge < -0.3 is 4.74 Å². The minimum atomic E-state index is -4.46. The smallest absolute Gasteiger partial charge is 0.379 e. The monoisotopic (exact) mass is 587 g/mol. The lowest BCUT2D eigenvalue weighted by Crippen LogP contribution is -2.48. The fourth-order valence-corrected chi connectivity index (χ4v) is 5.62. The van der Waals surface area contributed by atoms with Crippen molar-refractivity contribution in [3.8, 4) is 0 Å². The highest BCUT2D eigenvalue weighted by Crippen LogP contribution is 2.48. The molecule has 9 heteroatoms. The van der Waals surface area contributed by atoms with E-state index in [0.717, 1.165) is 47.4 Å². The number of halogens is 4. The average Bonchev–Trinajstić information content (AvgIpc) is 3.15. The van der Waals surface area contributed by atoms with Crippen LogP contribution in [0.5, 0.6) is 0 Å². The Kier molecular flexibility index (Phi) is 7.64. The summed E-state index contributed by atoms with van der Waals surface area (Å²) in [5.41, 5.74) is 0.348. The van der Waals surface area contributed by atoms with E-state index < -0.39 is 23.4 Å². The quantitative estimate of drug-likeness (QED) is 0.351. The fourth-order valence-electron chi connectivity index (χ4n) is 5.36. The zero-order valence-corrected chi connectivity index (χ0v) is 22.6. The summed E-state index contributed by atoms with van der Waals surface area (Å²) in [6, 6.07) is 22.2. The first-order valence-electron chi connectivity index (χ1n) is 12.6. The molecule has 5 nitrogen and oxygen atoms in total. The summed E-state index contributed by atoms with van der Waals surface area (Å²) in [6.45, 7) is 6.19. The van der Waals surface area contributed by atoms with Gasteiger partial charge in [0.25, 0.3) is 5.91 Å². The fraction of sp³-hybridized carbons (Fsp3) is 0.345. The zero-order chi connectivity index (χ0) is 26.9. The van der Waals surface area contributed by atoms with Crippen LogP contribution in [0.25, 0.3) is 0 Å². The normalized spacial score (nSPS) is 23.2. The third kappa shape index (κ3) is 5.12. The van der Waals surface area contributed by atoms with Crippen LogP contribution in [0.4, 0.5) is 18.9 Å². The number of anilines is 1. The maximum atomic E-state index is 14.5. The highest BCUT2D eigenvalue weighted by Gasteiger charge is 2.56. The molecular formula is C29H29BrF3N3O2. The Labute approximate surface area is 228 Å². The maximum absolute atomic E-state index is 14.5. The topological polar surface area (TPSA) is 36.0 Å². The van der Waals surface area contributed by atoms with E-state index in [1.807, 2.05) is 61.5 Å². The number of carbonyl (C=O) groups excluding carboxylic acids is 1. The number of nitrogens with zero attached hydrogens (tertiary/aromatic N) is 3. The standard InChI is InChI=1S/C29H29BrF3N3O2/c1-28(22-7-11-24(30)12-8-22)27(37)36(25-13-9-23(10-14-25)29(31,32)33)26(21-5-3-2-4-6-21)35(28)16-15-34-17-19-38-20-18-34/h2-14,26H,15-20H2,1H3. The molecule has 5 rings (SSSR count). The van der Waals surface area contributed by atoms with E-state index in [1.54, 1.807) is 4.90 Å². The number of benzene rings is 3. The Morgan fingerprint density at radius 3 is 2.16 bits per heavy atom. The molecule has 2 aliphatic rings. The van der Waals surface area contributed by atoms with Crippen molar-refractivity contribution < 1.29 is 22.7 Å². The number of ether oxygens (including phenoxy) is 1. The summed E-state index contributed by atoms with van der Waals surface area (Å²) in [7, 11) is 0. The van der Waals surface area contributed by atoms with Crippen molar-refractivity contribution in [2.75, 3.05) is 44.3 Å². The molecule has 2 aliphatic heterocycles. The van der Waals surface area contributed by atoms with Crippen LogP contribution in [0.3, 0.4) is 0 Å². The lowest BCUT2D eigenvalue weighted by Gasteiger charge is -2.38. The Morgan fingerprint density at radius 1 is 0.921 bits per heavy atom. The minimum Gasteiger partial charge on any atom is -0.379 e. The van der Waals surface area contributed by atoms with Gasteiger partial charge in [-0.25, -0.2) is 0 Å². The highest BCUT2D eigenvalue weighted by molar-refractivity contribution is 9.10. The molecule has 0 aromatic heterocycles. The zero-order valence-electron chi connectivity index (χ0n) is 21.0. The molecule has 3 aromatic rings. The number of rotatable bonds is 6. The molecule has 38 heavy (non-hydrogen) atoms. The van der Waals surface area contributed by atoms with E-state index in [-0.39, 0.29) is 5.91 Å². The van der Waals surface area contributed by atoms with Crippen molar-refractivity contribution in [2.45, 2.75) is 24.8 Å². The molecule has 0 aliphatic carbocycles. The summed E-state index contributed by atoms with van der Waals surface area (Å²) in [5.74, 6) is -0.185. The number of hydrogen-bond donors (Lipinski definition) is 0. The van der Waals surface area contributed by atoms with Crippen LogP contribution >= 0.6 is 15.9 Å². The largest absolute Gasteiger partial charge is 0.416 e. The molecule has 1 amide bonds. The molecule has 2 unspecified atom stereocenters. The van der Waals surface area contributed by atoms with Gasteiger partial charge >= 0.3 is 6.18 Å². The highest BCUT2D eigenvalue weighted by atomic mass is 79.9. The first-order chi connectivity index (χ1) is 18.2. The molecule has 0 bridgehead atoms. The lowest BCUT2D eigenvalue weighted by atomic mass is 9.90. The maximum Gasteiger partial charge on any atom is 0.416 e. The first-order valence-corrected chi connectivity index (χ1v) is 13.4. The van der Waals surface area contributed by atoms with Gasteiger partial charge in [-0.05, 0) is 54.4 Å². The average molecular weight is 588 g/mol. The van der Waals surface area contributed by atoms with E-state index in [9.17, 15) is 18.0 Å². The van der Waals surface area contributed by atoms with Crippen molar-refractivity contribution in [3.05, 3.63) is 100 Å². The molecule has 0 N–H and O–H groups in total. The second-order valence-corrected chi connectivity index (χ2v) is 10.6. The van der Waals surface area contributed by atoms with Crippen LogP contribution in [-0.2, 0) is 21.2 Å². The van der Waals surface area contributed by atoms with Gasteiger partial charge in [0.05, 0.1) is 18.8 Å². The Balaban J connectivity index is 1.62. The van der Waals surface area contributed by atoms with E-state index in [4.69, 9.17) is 4.74 Å². The lowest BCUT2D eigenvalue weighted by molar-refractivity contribution is -0.137. The predicted octanol–water partition coefficient (Wildman–Crippen LogP) is 6.06. The number of morpholine rings is 1. The third-order valence-corrected chi connectivity index (χ3v) is 8.02. The van der Waals surface area contributed by atoms with Crippen LogP contribution in [0.2, 0.25) is 0 Å². The number of alkyl halides is 3. The Morgan fingerprint density at radius 2 is 1.55 bits per heavy atom. The molecule has 0 spiro atoms. The molecule has 3 aromatic carbocycles. The van der Waals surface area contributed by atoms with Crippen LogP contribution in [0.15, 0.2) is 83.3 Å². The van der Waals surface area contributed by atoms with Crippen molar-refractivity contribution >= 4 is 27.5 Å². The van der Waals surface area contributed by atoms with Crippen molar-refractivity contribution in [2.24, 2.45) is 0 Å². The molecule has 2 fully saturated rings. The van der Waals surface area contributed by atoms with Crippen molar-refractivity contribution in [1.82, 2.24) is 9.80 Å². The van der Waals surface area contributed by atoms with Gasteiger partial charge in [-0.2, -0.15) is 13.2 Å². The minimum absolute atomic E-state index is 0.185. The van der Waals surface area contributed by atoms with Gasteiger partial charge in [-0.1, -0.05) is 58.4 Å². The van der Waals surface area contributed by atoms with Gasteiger partial charge in [0.15, 0.2) is 0 Å². The van der Waals surface area contributed by atoms with Gasteiger partial charge in [0.1, 0.15) is 11.7 Å². The number of carbonyl (C=O) groups is 1. The van der Waals surface area contributed by atoms with Crippen LogP contribution in [0, 0.1) is 0 Å². The molecule has 2 heterocycles. The SMILES string of the molecule is CC1(c2ccc(Br)cc2)C(=O)N(c2ccc(C(F)(F)F)cc2)C(c2ccccc2)N1CCN1CCOCC1. The molecule has 200 valence electrons. The van der Waals surface area contributed by atoms with Crippen molar-refractivity contribution in [1.29, 1.82) is 0 Å². The third-order valence-electron chi connectivity index (χ3n) is 7.49. The Hall–Kier alpha value is -2.72. The summed E-state index contributed by atoms with van der Waals surface area (Å²) in [5, 5.41) is 0. The number of hydrogen-bond acceptors (Lipinski definition) is 4. The van der Waals surface area contributed by atoms with E-state index in [1.165, 1.54) is 12.1 Å². The van der Waals surface area contributed by atoms with Gasteiger partial charge in [-0.3, -0.25) is 19.5 Å². The van der Waals surface area contributed by atoms with Crippen molar-refractivity contribution in [3.63, 3.8) is 0 Å². The van der Waals surface area contributed by atoms with E-state index >= 15 is 0 Å². The molecule has 2 atom stereocenters. The summed E-state index contributed by atoms with van der Waals surface area (Å²) in [4.78, 5) is 20.6. The Bertz CT molecular complexity index is 1250. The summed E-state index contributed by atoms with van der Waals surface area (Å²) < 4.78 is 46.4. The number of amides is 1. The van der Waals surface area contributed by atoms with Gasteiger partial charge in [0, 0.05) is 36.3 Å². The van der Waals surface area contributed by atoms with Crippen LogP contribution in [-0.4, -0.2) is 55.1 Å². The molecule has 2 saturated heterocycles. The van der Waals surface area contributed by atoms with Gasteiger partial charge in [-0.15, -0.1) is 0 Å².